The number of sulfonamides is 1. The minimum absolute atomic E-state index is 0.142. The van der Waals surface area contributed by atoms with Crippen molar-refractivity contribution in [2.75, 3.05) is 6.61 Å². The fourth-order valence-electron chi connectivity index (χ4n) is 2.00. The average Bonchev–Trinajstić information content (AvgIpc) is 3.17. The molecule has 0 saturated heterocycles. The van der Waals surface area contributed by atoms with Crippen LogP contribution in [0.2, 0.25) is 0 Å². The van der Waals surface area contributed by atoms with Gasteiger partial charge in [-0.15, -0.1) is 0 Å². The molecule has 2 N–H and O–H groups in total. The van der Waals surface area contributed by atoms with Crippen LogP contribution in [-0.4, -0.2) is 25.7 Å². The molecule has 0 aromatic heterocycles. The third kappa shape index (κ3) is 3.16. The van der Waals surface area contributed by atoms with Gasteiger partial charge in [0.1, 0.15) is 0 Å². The van der Waals surface area contributed by atoms with Gasteiger partial charge in [0.2, 0.25) is 10.0 Å². The highest BCUT2D eigenvalue weighted by Crippen LogP contribution is 2.36. The van der Waals surface area contributed by atoms with Gasteiger partial charge in [-0.05, 0) is 42.9 Å². The molecule has 4 nitrogen and oxygen atoms in total. The van der Waals surface area contributed by atoms with E-state index in [9.17, 15) is 13.5 Å². The number of benzene rings is 1. The Kier molecular flexibility index (Phi) is 3.99. The molecule has 0 aliphatic heterocycles. The van der Waals surface area contributed by atoms with E-state index in [0.717, 1.165) is 12.0 Å². The number of hydrogen-bond acceptors (Lipinski definition) is 3. The molecule has 0 heterocycles. The minimum atomic E-state index is -3.53. The van der Waals surface area contributed by atoms with Crippen molar-refractivity contribution in [2.45, 2.75) is 49.5 Å². The Bertz CT molecular complexity index is 532. The molecule has 1 aromatic carbocycles. The Labute approximate surface area is 114 Å². The highest BCUT2D eigenvalue weighted by Gasteiger charge is 2.45. The maximum Gasteiger partial charge on any atom is 0.241 e. The van der Waals surface area contributed by atoms with Crippen LogP contribution in [0.1, 0.15) is 44.6 Å². The zero-order chi connectivity index (χ0) is 14.1. The Morgan fingerprint density at radius 3 is 2.32 bits per heavy atom. The lowest BCUT2D eigenvalue weighted by atomic mass is 9.99. The van der Waals surface area contributed by atoms with Gasteiger partial charge in [-0.25, -0.2) is 13.1 Å². The molecule has 5 heteroatoms. The van der Waals surface area contributed by atoms with E-state index in [0.29, 0.717) is 18.8 Å². The van der Waals surface area contributed by atoms with Crippen LogP contribution in [0.3, 0.4) is 0 Å². The number of rotatable bonds is 6. The molecule has 1 aliphatic carbocycles. The molecular weight excluding hydrogens is 262 g/mol. The van der Waals surface area contributed by atoms with Crippen molar-refractivity contribution < 1.29 is 13.5 Å². The normalized spacial score (nSPS) is 19.1. The SMILES string of the molecule is CCC(C)c1ccc(S(=O)(=O)NC2(CO)CC2)cc1. The van der Waals surface area contributed by atoms with Crippen molar-refractivity contribution >= 4 is 10.0 Å². The van der Waals surface area contributed by atoms with Gasteiger partial charge in [-0.2, -0.15) is 0 Å². The van der Waals surface area contributed by atoms with Crippen molar-refractivity contribution in [2.24, 2.45) is 0 Å². The topological polar surface area (TPSA) is 66.4 Å². The second kappa shape index (κ2) is 5.23. The summed E-state index contributed by atoms with van der Waals surface area (Å²) in [5.74, 6) is 0.428. The van der Waals surface area contributed by atoms with Crippen LogP contribution in [0.5, 0.6) is 0 Å². The zero-order valence-electron chi connectivity index (χ0n) is 11.4. The number of aliphatic hydroxyl groups is 1. The van der Waals surface area contributed by atoms with Crippen LogP contribution in [0.25, 0.3) is 0 Å². The second-order valence-corrected chi connectivity index (χ2v) is 7.10. The summed E-state index contributed by atoms with van der Waals surface area (Å²) in [6.07, 6.45) is 2.43. The average molecular weight is 283 g/mol. The third-order valence-electron chi connectivity index (χ3n) is 3.88. The molecule has 2 rings (SSSR count). The first-order chi connectivity index (χ1) is 8.92. The molecule has 1 fully saturated rings. The summed E-state index contributed by atoms with van der Waals surface area (Å²) in [5, 5.41) is 9.19. The standard InChI is InChI=1S/C14H21NO3S/c1-3-11(2)12-4-6-13(7-5-12)19(17,18)15-14(10-16)8-9-14/h4-7,11,15-16H,3,8-10H2,1-2H3. The summed E-state index contributed by atoms with van der Waals surface area (Å²) in [6, 6.07) is 7.00. The van der Waals surface area contributed by atoms with Gasteiger partial charge in [-0.1, -0.05) is 26.0 Å². The van der Waals surface area contributed by atoms with E-state index in [4.69, 9.17) is 0 Å². The molecule has 0 radical (unpaired) electrons. The van der Waals surface area contributed by atoms with Crippen molar-refractivity contribution in [3.8, 4) is 0 Å². The lowest BCUT2D eigenvalue weighted by molar-refractivity contribution is 0.246. The molecule has 0 bridgehead atoms. The van der Waals surface area contributed by atoms with E-state index in [2.05, 4.69) is 18.6 Å². The second-order valence-electron chi connectivity index (χ2n) is 5.42. The van der Waals surface area contributed by atoms with Gasteiger partial charge in [0, 0.05) is 0 Å². The summed E-state index contributed by atoms with van der Waals surface area (Å²) < 4.78 is 26.9. The van der Waals surface area contributed by atoms with Crippen molar-refractivity contribution in [3.63, 3.8) is 0 Å². The van der Waals surface area contributed by atoms with Crippen LogP contribution in [0.4, 0.5) is 0 Å². The van der Waals surface area contributed by atoms with Gasteiger partial charge < -0.3 is 5.11 Å². The number of nitrogens with one attached hydrogen (secondary N) is 1. The lowest BCUT2D eigenvalue weighted by Crippen LogP contribution is -2.39. The zero-order valence-corrected chi connectivity index (χ0v) is 12.2. The molecule has 1 aromatic rings. The van der Waals surface area contributed by atoms with Crippen LogP contribution in [-0.2, 0) is 10.0 Å². The number of aliphatic hydroxyl groups excluding tert-OH is 1. The molecule has 1 atom stereocenters. The molecule has 1 unspecified atom stereocenters. The summed E-state index contributed by atoms with van der Waals surface area (Å²) in [4.78, 5) is 0.263. The largest absolute Gasteiger partial charge is 0.394 e. The summed E-state index contributed by atoms with van der Waals surface area (Å²) in [5.41, 5.74) is 0.526. The molecule has 1 aliphatic rings. The van der Waals surface area contributed by atoms with Crippen LogP contribution in [0, 0.1) is 0 Å². The minimum Gasteiger partial charge on any atom is -0.394 e. The number of hydrogen-bond donors (Lipinski definition) is 2. The van der Waals surface area contributed by atoms with Crippen LogP contribution >= 0.6 is 0 Å². The lowest BCUT2D eigenvalue weighted by Gasteiger charge is -2.15. The van der Waals surface area contributed by atoms with Gasteiger partial charge in [0.15, 0.2) is 0 Å². The fourth-order valence-corrected chi connectivity index (χ4v) is 3.45. The highest BCUT2D eigenvalue weighted by molar-refractivity contribution is 7.89. The quantitative estimate of drug-likeness (QED) is 0.839. The maximum atomic E-state index is 12.2. The van der Waals surface area contributed by atoms with Gasteiger partial charge >= 0.3 is 0 Å². The molecule has 19 heavy (non-hydrogen) atoms. The van der Waals surface area contributed by atoms with E-state index < -0.39 is 15.6 Å². The Balaban J connectivity index is 2.17. The van der Waals surface area contributed by atoms with Crippen molar-refractivity contribution in [1.82, 2.24) is 4.72 Å². The van der Waals surface area contributed by atoms with E-state index in [1.165, 1.54) is 0 Å². The first-order valence-electron chi connectivity index (χ1n) is 6.67. The molecule has 106 valence electrons. The first-order valence-corrected chi connectivity index (χ1v) is 8.15. The van der Waals surface area contributed by atoms with Gasteiger partial charge in [0.05, 0.1) is 17.0 Å². The van der Waals surface area contributed by atoms with Crippen molar-refractivity contribution in [3.05, 3.63) is 29.8 Å². The summed E-state index contributed by atoms with van der Waals surface area (Å²) in [6.45, 7) is 4.08. The third-order valence-corrected chi connectivity index (χ3v) is 5.47. The highest BCUT2D eigenvalue weighted by atomic mass is 32.2. The molecule has 0 spiro atoms. The van der Waals surface area contributed by atoms with Crippen molar-refractivity contribution in [1.29, 1.82) is 0 Å². The smallest absolute Gasteiger partial charge is 0.241 e. The Morgan fingerprint density at radius 2 is 1.89 bits per heavy atom. The first kappa shape index (κ1) is 14.5. The predicted molar refractivity (Wildman–Crippen MR) is 74.5 cm³/mol. The maximum absolute atomic E-state index is 12.2. The Hall–Kier alpha value is -0.910. The van der Waals surface area contributed by atoms with Crippen LogP contribution < -0.4 is 4.72 Å². The van der Waals surface area contributed by atoms with Gasteiger partial charge in [-0.3, -0.25) is 0 Å². The predicted octanol–water partition coefficient (Wildman–Crippen LogP) is 2.00. The monoisotopic (exact) mass is 283 g/mol. The van der Waals surface area contributed by atoms with E-state index >= 15 is 0 Å². The molecular formula is C14H21NO3S. The molecule has 0 amide bonds. The van der Waals surface area contributed by atoms with E-state index in [-0.39, 0.29) is 11.5 Å². The van der Waals surface area contributed by atoms with E-state index in [1.54, 1.807) is 12.1 Å². The van der Waals surface area contributed by atoms with Crippen LogP contribution in [0.15, 0.2) is 29.2 Å². The summed E-state index contributed by atoms with van der Waals surface area (Å²) >= 11 is 0. The summed E-state index contributed by atoms with van der Waals surface area (Å²) in [7, 11) is -3.53. The van der Waals surface area contributed by atoms with Gasteiger partial charge in [0.25, 0.3) is 0 Å². The molecule has 1 saturated carbocycles. The fraction of sp³-hybridized carbons (Fsp3) is 0.571. The van der Waals surface area contributed by atoms with E-state index in [1.807, 2.05) is 12.1 Å². The Morgan fingerprint density at radius 1 is 1.32 bits per heavy atom.